The molecule has 0 aromatic carbocycles. The second-order valence-electron chi connectivity index (χ2n) is 3.95. The van der Waals surface area contributed by atoms with Crippen LogP contribution in [0.15, 0.2) is 17.4 Å². The zero-order valence-electron chi connectivity index (χ0n) is 8.70. The zero-order chi connectivity index (χ0) is 9.97. The summed E-state index contributed by atoms with van der Waals surface area (Å²) in [4.78, 5) is 12.9. The molecule has 1 aromatic rings. The Labute approximate surface area is 84.3 Å². The van der Waals surface area contributed by atoms with Gasteiger partial charge < -0.3 is 0 Å². The smallest absolute Gasteiger partial charge is 0.125 e. The lowest BCUT2D eigenvalue weighted by molar-refractivity contribution is 0.538. The van der Waals surface area contributed by atoms with Crippen molar-refractivity contribution in [3.8, 4) is 0 Å². The van der Waals surface area contributed by atoms with E-state index in [2.05, 4.69) is 21.9 Å². The molecule has 1 aliphatic heterocycles. The maximum Gasteiger partial charge on any atom is 0.125 e. The number of aliphatic imine (C=N–C) groups is 1. The molecule has 0 bridgehead atoms. The summed E-state index contributed by atoms with van der Waals surface area (Å²) in [5, 5.41) is 0. The van der Waals surface area contributed by atoms with Gasteiger partial charge in [0.25, 0.3) is 0 Å². The highest BCUT2D eigenvalue weighted by atomic mass is 14.9. The number of hydrogen-bond donors (Lipinski definition) is 0. The van der Waals surface area contributed by atoms with E-state index in [0.29, 0.717) is 0 Å². The molecule has 1 aromatic heterocycles. The van der Waals surface area contributed by atoms with E-state index in [-0.39, 0.29) is 0 Å². The summed E-state index contributed by atoms with van der Waals surface area (Å²) in [5.74, 6) is 1.55. The monoisotopic (exact) mass is 189 g/mol. The van der Waals surface area contributed by atoms with Gasteiger partial charge in [0.05, 0.1) is 0 Å². The summed E-state index contributed by atoms with van der Waals surface area (Å²) >= 11 is 0. The van der Waals surface area contributed by atoms with Crippen LogP contribution in [0.3, 0.4) is 0 Å². The average Bonchev–Trinajstić information content (AvgIpc) is 2.21. The van der Waals surface area contributed by atoms with Gasteiger partial charge in [-0.2, -0.15) is 0 Å². The van der Waals surface area contributed by atoms with Crippen molar-refractivity contribution in [3.05, 3.63) is 23.8 Å². The van der Waals surface area contributed by atoms with Crippen molar-refractivity contribution in [1.29, 1.82) is 0 Å². The minimum atomic E-state index is 0.727. The molecule has 74 valence electrons. The molecule has 0 N–H and O–H groups in total. The van der Waals surface area contributed by atoms with E-state index in [4.69, 9.17) is 0 Å². The number of hydrogen-bond acceptors (Lipinski definition) is 3. The molecule has 0 saturated heterocycles. The third-order valence-corrected chi connectivity index (χ3v) is 2.58. The molecule has 14 heavy (non-hydrogen) atoms. The Morgan fingerprint density at radius 3 is 2.57 bits per heavy atom. The van der Waals surface area contributed by atoms with Crippen LogP contribution in [-0.4, -0.2) is 22.2 Å². The summed E-state index contributed by atoms with van der Waals surface area (Å²) in [6.45, 7) is 5.09. The van der Waals surface area contributed by atoms with Crippen LogP contribution in [0.1, 0.15) is 31.2 Å². The van der Waals surface area contributed by atoms with Crippen LogP contribution in [-0.2, 0) is 0 Å². The largest absolute Gasteiger partial charge is 0.289 e. The highest BCUT2D eigenvalue weighted by Crippen LogP contribution is 2.16. The van der Waals surface area contributed by atoms with Gasteiger partial charge >= 0.3 is 0 Å². The number of rotatable bonds is 1. The summed E-state index contributed by atoms with van der Waals surface area (Å²) in [6.07, 6.45) is 6.04. The SMILES string of the molecule is Cc1ncc(C2=NCC(C)CC2)cn1. The maximum absolute atomic E-state index is 4.55. The first-order valence-electron chi connectivity index (χ1n) is 5.08. The summed E-state index contributed by atoms with van der Waals surface area (Å²) in [6, 6.07) is 0. The van der Waals surface area contributed by atoms with Gasteiger partial charge in [-0.15, -0.1) is 0 Å². The third-order valence-electron chi connectivity index (χ3n) is 2.58. The first-order chi connectivity index (χ1) is 6.75. The molecule has 0 saturated carbocycles. The molecule has 0 amide bonds. The highest BCUT2D eigenvalue weighted by molar-refractivity contribution is 6.00. The molecule has 0 spiro atoms. The fourth-order valence-electron chi connectivity index (χ4n) is 1.60. The van der Waals surface area contributed by atoms with Crippen molar-refractivity contribution in [3.63, 3.8) is 0 Å². The Hall–Kier alpha value is -1.25. The quantitative estimate of drug-likeness (QED) is 0.677. The first-order valence-corrected chi connectivity index (χ1v) is 5.08. The van der Waals surface area contributed by atoms with Gasteiger partial charge in [0, 0.05) is 30.2 Å². The van der Waals surface area contributed by atoms with Crippen LogP contribution in [0.25, 0.3) is 0 Å². The standard InChI is InChI=1S/C11H15N3/c1-8-3-4-11(14-5-8)10-6-12-9(2)13-7-10/h6-8H,3-5H2,1-2H3. The molecule has 1 aliphatic rings. The third kappa shape index (κ3) is 1.97. The summed E-state index contributed by atoms with van der Waals surface area (Å²) in [5.41, 5.74) is 2.26. The Morgan fingerprint density at radius 2 is 2.00 bits per heavy atom. The molecule has 1 unspecified atom stereocenters. The topological polar surface area (TPSA) is 38.1 Å². The molecular weight excluding hydrogens is 174 g/mol. The summed E-state index contributed by atoms with van der Waals surface area (Å²) < 4.78 is 0. The Kier molecular flexibility index (Phi) is 2.57. The van der Waals surface area contributed by atoms with E-state index in [1.54, 1.807) is 0 Å². The maximum atomic E-state index is 4.55. The minimum absolute atomic E-state index is 0.727. The molecule has 2 heterocycles. The van der Waals surface area contributed by atoms with Crippen LogP contribution in [0, 0.1) is 12.8 Å². The average molecular weight is 189 g/mol. The molecular formula is C11H15N3. The Bertz CT molecular complexity index is 340. The van der Waals surface area contributed by atoms with Crippen molar-refractivity contribution in [2.24, 2.45) is 10.9 Å². The van der Waals surface area contributed by atoms with Crippen molar-refractivity contribution >= 4 is 5.71 Å². The molecule has 0 fully saturated rings. The van der Waals surface area contributed by atoms with Crippen molar-refractivity contribution in [2.75, 3.05) is 6.54 Å². The van der Waals surface area contributed by atoms with Crippen LogP contribution in [0.2, 0.25) is 0 Å². The highest BCUT2D eigenvalue weighted by Gasteiger charge is 2.13. The molecule has 1 atom stereocenters. The van der Waals surface area contributed by atoms with Gasteiger partial charge in [0.15, 0.2) is 0 Å². The van der Waals surface area contributed by atoms with Crippen molar-refractivity contribution in [1.82, 2.24) is 9.97 Å². The van der Waals surface area contributed by atoms with E-state index < -0.39 is 0 Å². The predicted octanol–water partition coefficient (Wildman–Crippen LogP) is 2.00. The van der Waals surface area contributed by atoms with Crippen LogP contribution >= 0.6 is 0 Å². The van der Waals surface area contributed by atoms with Gasteiger partial charge in [-0.3, -0.25) is 4.99 Å². The lowest BCUT2D eigenvalue weighted by Crippen LogP contribution is -2.14. The number of nitrogens with zero attached hydrogens (tertiary/aromatic N) is 3. The lowest BCUT2D eigenvalue weighted by Gasteiger charge is -2.16. The summed E-state index contributed by atoms with van der Waals surface area (Å²) in [7, 11) is 0. The zero-order valence-corrected chi connectivity index (χ0v) is 8.70. The second kappa shape index (κ2) is 3.86. The van der Waals surface area contributed by atoms with Crippen LogP contribution < -0.4 is 0 Å². The Morgan fingerprint density at radius 1 is 1.29 bits per heavy atom. The van der Waals surface area contributed by atoms with Gasteiger partial charge in [-0.25, -0.2) is 9.97 Å². The van der Waals surface area contributed by atoms with E-state index in [1.165, 1.54) is 12.1 Å². The van der Waals surface area contributed by atoms with Gasteiger partial charge in [-0.1, -0.05) is 6.92 Å². The minimum Gasteiger partial charge on any atom is -0.289 e. The van der Waals surface area contributed by atoms with Gasteiger partial charge in [0.2, 0.25) is 0 Å². The fraction of sp³-hybridized carbons (Fsp3) is 0.545. The first kappa shape index (κ1) is 9.31. The van der Waals surface area contributed by atoms with Crippen molar-refractivity contribution in [2.45, 2.75) is 26.7 Å². The van der Waals surface area contributed by atoms with E-state index in [9.17, 15) is 0 Å². The van der Waals surface area contributed by atoms with Crippen LogP contribution in [0.4, 0.5) is 0 Å². The predicted molar refractivity (Wildman–Crippen MR) is 56.6 cm³/mol. The second-order valence-corrected chi connectivity index (χ2v) is 3.95. The fourth-order valence-corrected chi connectivity index (χ4v) is 1.60. The normalized spacial score (nSPS) is 21.9. The van der Waals surface area contributed by atoms with E-state index >= 15 is 0 Å². The molecule has 3 heteroatoms. The molecule has 0 aliphatic carbocycles. The van der Waals surface area contributed by atoms with Crippen LogP contribution in [0.5, 0.6) is 0 Å². The molecule has 0 radical (unpaired) electrons. The van der Waals surface area contributed by atoms with Gasteiger partial charge in [0.1, 0.15) is 5.82 Å². The number of aromatic nitrogens is 2. The van der Waals surface area contributed by atoms with Crippen molar-refractivity contribution < 1.29 is 0 Å². The number of aryl methyl sites for hydroxylation is 1. The Balaban J connectivity index is 2.19. The lowest BCUT2D eigenvalue weighted by atomic mass is 9.97. The van der Waals surface area contributed by atoms with E-state index in [1.807, 2.05) is 19.3 Å². The molecule has 2 rings (SSSR count). The van der Waals surface area contributed by atoms with E-state index in [0.717, 1.165) is 30.3 Å². The molecule has 3 nitrogen and oxygen atoms in total. The van der Waals surface area contributed by atoms with Gasteiger partial charge in [-0.05, 0) is 25.7 Å².